The first kappa shape index (κ1) is 33.6. The molecule has 0 saturated carbocycles. The number of halogens is 1. The lowest BCUT2D eigenvalue weighted by Crippen LogP contribution is -2.40. The Morgan fingerprint density at radius 1 is 0.915 bits per heavy atom. The third-order valence-electron chi connectivity index (χ3n) is 8.36. The van der Waals surface area contributed by atoms with Gasteiger partial charge in [-0.3, -0.25) is 19.2 Å². The lowest BCUT2D eigenvalue weighted by molar-refractivity contribution is -0.113. The molecule has 1 saturated heterocycles. The van der Waals surface area contributed by atoms with E-state index in [2.05, 4.69) is 24.5 Å². The second kappa shape index (κ2) is 14.8. The molecule has 0 radical (unpaired) electrons. The van der Waals surface area contributed by atoms with Gasteiger partial charge >= 0.3 is 0 Å². The maximum absolute atomic E-state index is 13.3. The molecule has 3 aromatic carbocycles. The van der Waals surface area contributed by atoms with E-state index in [9.17, 15) is 19.2 Å². The van der Waals surface area contributed by atoms with Crippen molar-refractivity contribution >= 4 is 40.7 Å². The molecule has 1 fully saturated rings. The van der Waals surface area contributed by atoms with E-state index in [0.29, 0.717) is 66.7 Å². The zero-order valence-corrected chi connectivity index (χ0v) is 27.8. The molecule has 47 heavy (non-hydrogen) atoms. The number of ether oxygens (including phenoxy) is 1. The molecular formula is C37H39ClN4O5. The van der Waals surface area contributed by atoms with Crippen LogP contribution < -0.4 is 16.2 Å². The van der Waals surface area contributed by atoms with E-state index in [-0.39, 0.29) is 29.2 Å². The summed E-state index contributed by atoms with van der Waals surface area (Å²) in [5.41, 5.74) is 6.72. The molecule has 0 spiro atoms. The molecule has 10 heteroatoms. The fourth-order valence-corrected chi connectivity index (χ4v) is 5.68. The Morgan fingerprint density at radius 2 is 1.57 bits per heavy atom. The number of alkyl halides is 1. The minimum absolute atomic E-state index is 0.0372. The molecule has 244 valence electrons. The van der Waals surface area contributed by atoms with Crippen LogP contribution in [0.5, 0.6) is 0 Å². The van der Waals surface area contributed by atoms with E-state index in [1.165, 1.54) is 4.57 Å². The predicted molar refractivity (Wildman–Crippen MR) is 186 cm³/mol. The zero-order valence-electron chi connectivity index (χ0n) is 27.1. The van der Waals surface area contributed by atoms with Gasteiger partial charge in [-0.05, 0) is 83.1 Å². The van der Waals surface area contributed by atoms with Gasteiger partial charge in [-0.2, -0.15) is 0 Å². The molecule has 2 heterocycles. The van der Waals surface area contributed by atoms with Crippen molar-refractivity contribution in [1.82, 2.24) is 9.47 Å². The lowest BCUT2D eigenvalue weighted by atomic mass is 9.96. The number of aromatic nitrogens is 1. The van der Waals surface area contributed by atoms with E-state index in [1.807, 2.05) is 43.3 Å². The van der Waals surface area contributed by atoms with Crippen molar-refractivity contribution < 1.29 is 19.1 Å². The van der Waals surface area contributed by atoms with Gasteiger partial charge < -0.3 is 24.8 Å². The number of benzene rings is 3. The zero-order chi connectivity index (χ0) is 33.7. The van der Waals surface area contributed by atoms with E-state index >= 15 is 0 Å². The van der Waals surface area contributed by atoms with Crippen molar-refractivity contribution in [2.45, 2.75) is 33.1 Å². The number of amides is 3. The first-order valence-corrected chi connectivity index (χ1v) is 16.1. The summed E-state index contributed by atoms with van der Waals surface area (Å²) in [5, 5.41) is 5.80. The van der Waals surface area contributed by atoms with Crippen LogP contribution in [0.3, 0.4) is 0 Å². The second-order valence-corrected chi connectivity index (χ2v) is 12.3. The summed E-state index contributed by atoms with van der Waals surface area (Å²) in [6.45, 7) is 8.27. The number of carbonyl (C=O) groups excluding carboxylic acids is 3. The number of hydrogen-bond donors (Lipinski definition) is 2. The van der Waals surface area contributed by atoms with Gasteiger partial charge in [0.1, 0.15) is 5.88 Å². The number of rotatable bonds is 9. The van der Waals surface area contributed by atoms with E-state index in [0.717, 1.165) is 27.8 Å². The lowest BCUT2D eigenvalue weighted by Gasteiger charge is -2.26. The average molecular weight is 655 g/mol. The summed E-state index contributed by atoms with van der Waals surface area (Å²) in [6.07, 6.45) is 2.09. The van der Waals surface area contributed by atoms with Gasteiger partial charge in [-0.1, -0.05) is 38.1 Å². The number of hydrogen-bond acceptors (Lipinski definition) is 5. The Kier molecular flexibility index (Phi) is 10.6. The van der Waals surface area contributed by atoms with E-state index < -0.39 is 0 Å². The Balaban J connectivity index is 1.46. The van der Waals surface area contributed by atoms with Gasteiger partial charge in [0.05, 0.1) is 13.2 Å². The number of carbonyl (C=O) groups is 3. The van der Waals surface area contributed by atoms with Crippen molar-refractivity contribution in [3.8, 4) is 11.1 Å². The van der Waals surface area contributed by atoms with Gasteiger partial charge in [0, 0.05) is 60.8 Å². The highest BCUT2D eigenvalue weighted by atomic mass is 35.5. The third kappa shape index (κ3) is 7.99. The minimum Gasteiger partial charge on any atom is -0.378 e. The fourth-order valence-electron chi connectivity index (χ4n) is 5.61. The van der Waals surface area contributed by atoms with Gasteiger partial charge in [0.2, 0.25) is 5.91 Å². The molecule has 0 atom stereocenters. The van der Waals surface area contributed by atoms with Crippen LogP contribution in [-0.2, 0) is 23.0 Å². The van der Waals surface area contributed by atoms with Gasteiger partial charge in [-0.15, -0.1) is 11.6 Å². The standard InChI is InChI=1S/C37H39ClN4O5/c1-23(2)26-9-11-27(12-10-26)35(44)40-33-20-31(39-34(43)21-38)19-32(24(33)3)30-18-29(36(45)41(4)22-30)17-25-5-7-28(8-6-25)37(46)42-13-15-47-16-14-42/h5-12,18-20,22-23H,13-17,21H2,1-4H3,(H,39,43)(H,40,44). The van der Waals surface area contributed by atoms with Crippen LogP contribution in [0, 0.1) is 6.92 Å². The van der Waals surface area contributed by atoms with Crippen LogP contribution in [0.25, 0.3) is 11.1 Å². The summed E-state index contributed by atoms with van der Waals surface area (Å²) in [6, 6.07) is 20.1. The molecule has 1 aliphatic heterocycles. The highest BCUT2D eigenvalue weighted by Crippen LogP contribution is 2.33. The van der Waals surface area contributed by atoms with Crippen molar-refractivity contribution in [2.75, 3.05) is 42.8 Å². The average Bonchev–Trinajstić information content (AvgIpc) is 3.08. The normalized spacial score (nSPS) is 13.0. The maximum atomic E-state index is 13.3. The SMILES string of the molecule is Cc1c(NC(=O)c2ccc(C(C)C)cc2)cc(NC(=O)CCl)cc1-c1cc(Cc2ccc(C(=O)N3CCOCC3)cc2)c(=O)n(C)c1. The Bertz CT molecular complexity index is 1840. The summed E-state index contributed by atoms with van der Waals surface area (Å²) in [4.78, 5) is 53.5. The van der Waals surface area contributed by atoms with E-state index in [1.54, 1.807) is 48.5 Å². The van der Waals surface area contributed by atoms with Crippen LogP contribution in [0.1, 0.15) is 62.7 Å². The molecule has 1 aliphatic rings. The third-order valence-corrected chi connectivity index (χ3v) is 8.61. The van der Waals surface area contributed by atoms with Gasteiger partial charge in [-0.25, -0.2) is 0 Å². The summed E-state index contributed by atoms with van der Waals surface area (Å²) >= 11 is 5.79. The highest BCUT2D eigenvalue weighted by Gasteiger charge is 2.19. The molecule has 0 unspecified atom stereocenters. The maximum Gasteiger partial charge on any atom is 0.255 e. The number of nitrogens with zero attached hydrogens (tertiary/aromatic N) is 2. The summed E-state index contributed by atoms with van der Waals surface area (Å²) in [5.74, 6) is -0.597. The second-order valence-electron chi connectivity index (χ2n) is 12.1. The van der Waals surface area contributed by atoms with Gasteiger partial charge in [0.15, 0.2) is 0 Å². The Hall–Kier alpha value is -4.73. The molecule has 2 N–H and O–H groups in total. The van der Waals surface area contributed by atoms with Crippen LogP contribution in [-0.4, -0.2) is 59.4 Å². The summed E-state index contributed by atoms with van der Waals surface area (Å²) < 4.78 is 6.88. The molecule has 3 amide bonds. The quantitative estimate of drug-likeness (QED) is 0.216. The van der Waals surface area contributed by atoms with E-state index in [4.69, 9.17) is 16.3 Å². The number of aryl methyl sites for hydroxylation is 1. The van der Waals surface area contributed by atoms with Crippen molar-refractivity contribution in [3.05, 3.63) is 117 Å². The fraction of sp³-hybridized carbons (Fsp3) is 0.297. The number of anilines is 2. The molecule has 1 aromatic heterocycles. The smallest absolute Gasteiger partial charge is 0.255 e. The first-order valence-electron chi connectivity index (χ1n) is 15.6. The first-order chi connectivity index (χ1) is 22.5. The molecule has 9 nitrogen and oxygen atoms in total. The van der Waals surface area contributed by atoms with Crippen molar-refractivity contribution in [3.63, 3.8) is 0 Å². The minimum atomic E-state index is -0.389. The van der Waals surface area contributed by atoms with Crippen molar-refractivity contribution in [1.29, 1.82) is 0 Å². The predicted octanol–water partition coefficient (Wildman–Crippen LogP) is 5.98. The largest absolute Gasteiger partial charge is 0.378 e. The molecule has 0 bridgehead atoms. The molecular weight excluding hydrogens is 616 g/mol. The molecule has 4 aromatic rings. The van der Waals surface area contributed by atoms with Crippen LogP contribution in [0.2, 0.25) is 0 Å². The van der Waals surface area contributed by atoms with Crippen LogP contribution in [0.15, 0.2) is 77.7 Å². The topological polar surface area (TPSA) is 110 Å². The van der Waals surface area contributed by atoms with Crippen LogP contribution in [0.4, 0.5) is 11.4 Å². The number of morpholine rings is 1. The van der Waals surface area contributed by atoms with Crippen molar-refractivity contribution in [2.24, 2.45) is 7.05 Å². The van der Waals surface area contributed by atoms with Crippen LogP contribution >= 0.6 is 11.6 Å². The Morgan fingerprint density at radius 3 is 2.21 bits per heavy atom. The Labute approximate surface area is 279 Å². The van der Waals surface area contributed by atoms with Gasteiger partial charge in [0.25, 0.3) is 17.4 Å². The highest BCUT2D eigenvalue weighted by molar-refractivity contribution is 6.29. The molecule has 5 rings (SSSR count). The number of pyridine rings is 1. The monoisotopic (exact) mass is 654 g/mol. The summed E-state index contributed by atoms with van der Waals surface area (Å²) in [7, 11) is 1.69. The molecule has 0 aliphatic carbocycles. The number of nitrogens with one attached hydrogen (secondary N) is 2.